The molecule has 7 nitrogen and oxygen atoms in total. The lowest BCUT2D eigenvalue weighted by Crippen LogP contribution is -2.44. The van der Waals surface area contributed by atoms with Gasteiger partial charge in [0.25, 0.3) is 5.91 Å². The molecule has 0 bridgehead atoms. The minimum absolute atomic E-state index is 0.222. The second-order valence-corrected chi connectivity index (χ2v) is 9.29. The maximum Gasteiger partial charge on any atom is 0.332 e. The molecule has 7 heteroatoms. The van der Waals surface area contributed by atoms with Crippen LogP contribution < -0.4 is 14.4 Å². The third-order valence-corrected chi connectivity index (χ3v) is 7.23. The zero-order valence-electron chi connectivity index (χ0n) is 19.2. The fraction of sp³-hybridized carbons (Fsp3) is 0.214. The molecule has 3 aliphatic rings. The number of aryl methyl sites for hydroxylation is 1. The summed E-state index contributed by atoms with van der Waals surface area (Å²) in [6.45, 7) is 2.95. The van der Waals surface area contributed by atoms with Crippen molar-refractivity contribution in [2.24, 2.45) is 0 Å². The van der Waals surface area contributed by atoms with Crippen LogP contribution in [0, 0.1) is 6.92 Å². The smallest absolute Gasteiger partial charge is 0.332 e. The Morgan fingerprint density at radius 1 is 0.914 bits per heavy atom. The van der Waals surface area contributed by atoms with E-state index >= 15 is 0 Å². The van der Waals surface area contributed by atoms with E-state index in [4.69, 9.17) is 9.47 Å². The molecule has 3 amide bonds. The lowest BCUT2D eigenvalue weighted by Gasteiger charge is -2.36. The van der Waals surface area contributed by atoms with Crippen LogP contribution in [0.3, 0.4) is 0 Å². The molecule has 1 aromatic heterocycles. The van der Waals surface area contributed by atoms with E-state index in [0.717, 1.165) is 33.3 Å². The fourth-order valence-electron chi connectivity index (χ4n) is 5.58. The number of amides is 3. The van der Waals surface area contributed by atoms with Crippen LogP contribution in [0.25, 0.3) is 10.9 Å². The molecular weight excluding hydrogens is 442 g/mol. The highest BCUT2D eigenvalue weighted by molar-refractivity contribution is 6.22. The lowest BCUT2D eigenvalue weighted by atomic mass is 9.88. The monoisotopic (exact) mass is 465 g/mol. The molecule has 0 saturated carbocycles. The first-order valence-corrected chi connectivity index (χ1v) is 11.8. The van der Waals surface area contributed by atoms with Crippen molar-refractivity contribution < 1.29 is 19.1 Å². The van der Waals surface area contributed by atoms with Crippen LogP contribution in [-0.2, 0) is 11.2 Å². The number of carbonyl (C=O) groups is 2. The number of aromatic amines is 1. The first-order chi connectivity index (χ1) is 17.1. The van der Waals surface area contributed by atoms with Gasteiger partial charge in [0, 0.05) is 29.1 Å². The van der Waals surface area contributed by atoms with Crippen LogP contribution >= 0.6 is 0 Å². The van der Waals surface area contributed by atoms with Crippen LogP contribution in [0.1, 0.15) is 28.4 Å². The molecule has 1 saturated heterocycles. The van der Waals surface area contributed by atoms with Crippen molar-refractivity contribution in [2.45, 2.75) is 25.4 Å². The Bertz CT molecular complexity index is 1510. The summed E-state index contributed by atoms with van der Waals surface area (Å²) >= 11 is 0. The Morgan fingerprint density at radius 2 is 1.69 bits per heavy atom. The molecule has 1 fully saturated rings. The summed E-state index contributed by atoms with van der Waals surface area (Å²) in [6, 6.07) is 20.2. The predicted octanol–water partition coefficient (Wildman–Crippen LogP) is 4.73. The number of fused-ring (bicyclic) bond motifs is 5. The van der Waals surface area contributed by atoms with Gasteiger partial charge in [0.1, 0.15) is 25.3 Å². The van der Waals surface area contributed by atoms with E-state index in [-0.39, 0.29) is 11.9 Å². The number of benzene rings is 3. The van der Waals surface area contributed by atoms with Crippen LogP contribution in [0.4, 0.5) is 10.5 Å². The molecule has 1 N–H and O–H groups in total. The number of anilines is 1. The molecule has 3 aliphatic heterocycles. The van der Waals surface area contributed by atoms with Gasteiger partial charge in [-0.2, -0.15) is 0 Å². The number of nitrogens with one attached hydrogen (secondary N) is 1. The predicted molar refractivity (Wildman–Crippen MR) is 131 cm³/mol. The molecule has 0 aliphatic carbocycles. The number of carbonyl (C=O) groups excluding carboxylic acids is 2. The van der Waals surface area contributed by atoms with Gasteiger partial charge >= 0.3 is 6.03 Å². The third-order valence-electron chi connectivity index (χ3n) is 7.23. The highest BCUT2D eigenvalue weighted by Gasteiger charge is 2.53. The minimum Gasteiger partial charge on any atom is -0.486 e. The minimum atomic E-state index is -0.589. The van der Waals surface area contributed by atoms with Gasteiger partial charge in [-0.3, -0.25) is 9.69 Å². The van der Waals surface area contributed by atoms with Crippen molar-refractivity contribution in [3.05, 3.63) is 89.1 Å². The van der Waals surface area contributed by atoms with Gasteiger partial charge < -0.3 is 14.5 Å². The average molecular weight is 466 g/mol. The van der Waals surface area contributed by atoms with Crippen LogP contribution in [0.2, 0.25) is 0 Å². The van der Waals surface area contributed by atoms with Crippen LogP contribution in [0.5, 0.6) is 11.5 Å². The Hall–Kier alpha value is -4.26. The van der Waals surface area contributed by atoms with E-state index in [2.05, 4.69) is 11.1 Å². The highest BCUT2D eigenvalue weighted by atomic mass is 16.6. The molecular formula is C28H23N3O4. The number of urea groups is 1. The Kier molecular flexibility index (Phi) is 4.24. The molecule has 7 rings (SSSR count). The standard InChI is InChI=1S/C28H23N3O4/c1-16-6-8-17(9-7-16)26-25-20(19-4-2-3-5-21(19)29-25)15-22-27(32)30(28(33)31(22)26)18-10-11-23-24(14-18)35-13-12-34-23/h2-11,14,22,26,29H,12-13,15H2,1H3/t22-,26?/m0/s1. The molecule has 4 aromatic rings. The Balaban J connectivity index is 1.37. The largest absolute Gasteiger partial charge is 0.486 e. The molecule has 4 heterocycles. The lowest BCUT2D eigenvalue weighted by molar-refractivity contribution is -0.120. The second kappa shape index (κ2) is 7.37. The maximum atomic E-state index is 13.9. The maximum absolute atomic E-state index is 13.9. The number of aromatic nitrogens is 1. The molecule has 174 valence electrons. The molecule has 2 atom stereocenters. The number of para-hydroxylation sites is 1. The summed E-state index contributed by atoms with van der Waals surface area (Å²) in [4.78, 5) is 34.3. The summed E-state index contributed by atoms with van der Waals surface area (Å²) in [5.74, 6) is 0.945. The van der Waals surface area contributed by atoms with Gasteiger partial charge in [-0.05, 0) is 36.2 Å². The summed E-state index contributed by atoms with van der Waals surface area (Å²) in [6.07, 6.45) is 0.466. The number of nitrogens with zero attached hydrogens (tertiary/aromatic N) is 2. The number of H-pyrrole nitrogens is 1. The third kappa shape index (κ3) is 2.91. The first-order valence-electron chi connectivity index (χ1n) is 11.8. The molecule has 1 unspecified atom stereocenters. The summed E-state index contributed by atoms with van der Waals surface area (Å²) in [5.41, 5.74) is 5.68. The van der Waals surface area contributed by atoms with Gasteiger partial charge in [-0.15, -0.1) is 0 Å². The second-order valence-electron chi connectivity index (χ2n) is 9.29. The van der Waals surface area contributed by atoms with Gasteiger partial charge in [0.15, 0.2) is 11.5 Å². The van der Waals surface area contributed by atoms with E-state index in [1.807, 2.05) is 49.4 Å². The van der Waals surface area contributed by atoms with E-state index < -0.39 is 12.1 Å². The van der Waals surface area contributed by atoms with E-state index in [0.29, 0.717) is 36.8 Å². The SMILES string of the molecule is Cc1ccc(C2c3[nH]c4ccccc4c3C[C@H]3C(=O)N(c4ccc5c(c4)OCCO5)C(=O)N23)cc1. The number of ether oxygens (including phenoxy) is 2. The average Bonchev–Trinajstić information content (AvgIpc) is 3.38. The van der Waals surface area contributed by atoms with E-state index in [1.54, 1.807) is 23.1 Å². The summed E-state index contributed by atoms with van der Waals surface area (Å²) in [5, 5.41) is 1.09. The van der Waals surface area contributed by atoms with Gasteiger partial charge in [0.05, 0.1) is 5.69 Å². The summed E-state index contributed by atoms with van der Waals surface area (Å²) < 4.78 is 11.3. The number of hydrogen-bond donors (Lipinski definition) is 1. The topological polar surface area (TPSA) is 74.9 Å². The van der Waals surface area contributed by atoms with Crippen molar-refractivity contribution in [1.82, 2.24) is 9.88 Å². The highest BCUT2D eigenvalue weighted by Crippen LogP contribution is 2.45. The molecule has 0 spiro atoms. The Morgan fingerprint density at radius 3 is 2.51 bits per heavy atom. The van der Waals surface area contributed by atoms with Crippen molar-refractivity contribution in [1.29, 1.82) is 0 Å². The Labute approximate surface area is 201 Å². The van der Waals surface area contributed by atoms with Crippen LogP contribution in [0.15, 0.2) is 66.7 Å². The zero-order chi connectivity index (χ0) is 23.7. The first kappa shape index (κ1) is 20.1. The quantitative estimate of drug-likeness (QED) is 0.435. The number of hydrogen-bond acceptors (Lipinski definition) is 4. The molecule has 35 heavy (non-hydrogen) atoms. The van der Waals surface area contributed by atoms with Crippen molar-refractivity contribution in [3.8, 4) is 11.5 Å². The normalized spacial score (nSPS) is 20.8. The van der Waals surface area contributed by atoms with Gasteiger partial charge in [0.2, 0.25) is 0 Å². The number of rotatable bonds is 2. The van der Waals surface area contributed by atoms with Gasteiger partial charge in [-0.25, -0.2) is 9.69 Å². The summed E-state index contributed by atoms with van der Waals surface area (Å²) in [7, 11) is 0. The van der Waals surface area contributed by atoms with Crippen molar-refractivity contribution >= 4 is 28.5 Å². The van der Waals surface area contributed by atoms with Crippen molar-refractivity contribution in [3.63, 3.8) is 0 Å². The van der Waals surface area contributed by atoms with Crippen molar-refractivity contribution in [2.75, 3.05) is 18.1 Å². The molecule has 3 aromatic carbocycles. The van der Waals surface area contributed by atoms with Crippen LogP contribution in [-0.4, -0.2) is 41.1 Å². The zero-order valence-corrected chi connectivity index (χ0v) is 19.2. The molecule has 0 radical (unpaired) electrons. The fourth-order valence-corrected chi connectivity index (χ4v) is 5.58. The van der Waals surface area contributed by atoms with E-state index in [9.17, 15) is 9.59 Å². The van der Waals surface area contributed by atoms with E-state index in [1.165, 1.54) is 4.90 Å². The number of imide groups is 1. The van der Waals surface area contributed by atoms with Gasteiger partial charge in [-0.1, -0.05) is 48.0 Å².